The number of hydrogen-bond donors (Lipinski definition) is 1. The number of anilines is 1. The van der Waals surface area contributed by atoms with E-state index in [4.69, 9.17) is 10.5 Å². The largest absolute Gasteiger partial charge is 0.382 e. The molecule has 10 heteroatoms. The van der Waals surface area contributed by atoms with Crippen LogP contribution in [0.2, 0.25) is 0 Å². The van der Waals surface area contributed by atoms with Crippen LogP contribution in [0.1, 0.15) is 18.9 Å². The summed E-state index contributed by atoms with van der Waals surface area (Å²) in [4.78, 5) is 22.0. The lowest BCUT2D eigenvalue weighted by Gasteiger charge is -2.24. The molecule has 2 N–H and O–H groups in total. The fourth-order valence-corrected chi connectivity index (χ4v) is 5.29. The Labute approximate surface area is 217 Å². The highest BCUT2D eigenvalue weighted by Gasteiger charge is 2.24. The Morgan fingerprint density at radius 1 is 0.921 bits per heavy atom. The van der Waals surface area contributed by atoms with Gasteiger partial charge in [0.2, 0.25) is 0 Å². The molecule has 38 heavy (non-hydrogen) atoms. The molecule has 0 amide bonds. The average Bonchev–Trinajstić information content (AvgIpc) is 3.60. The minimum Gasteiger partial charge on any atom is -0.382 e. The summed E-state index contributed by atoms with van der Waals surface area (Å²) in [6, 6.07) is 19.4. The summed E-state index contributed by atoms with van der Waals surface area (Å²) < 4.78 is 11.0. The van der Waals surface area contributed by atoms with Crippen LogP contribution >= 0.6 is 0 Å². The third-order valence-corrected chi connectivity index (χ3v) is 7.15. The molecule has 4 aromatic heterocycles. The van der Waals surface area contributed by atoms with Crippen molar-refractivity contribution >= 4 is 22.2 Å². The molecule has 1 aliphatic rings. The standard InChI is InChI=1S/C28H24N8O2/c29-27-26-22(24-8-11-32-35(24)19-9-12-38-13-10-19)15-25(36(26)33-16-30-27)18-4-3-5-20(14-18)34-17-31-23-7-2-1-6-21(23)28(34)37/h1-8,11,14-17,19H,9-10,12-13H2,(H2,29,30,33). The minimum atomic E-state index is -0.125. The van der Waals surface area contributed by atoms with Gasteiger partial charge in [-0.05, 0) is 49.2 Å². The first-order valence-electron chi connectivity index (χ1n) is 12.5. The van der Waals surface area contributed by atoms with Crippen molar-refractivity contribution < 1.29 is 4.74 Å². The number of nitrogens with zero attached hydrogens (tertiary/aromatic N) is 7. The Hall–Kier alpha value is -4.83. The van der Waals surface area contributed by atoms with Gasteiger partial charge in [0.1, 0.15) is 18.2 Å². The van der Waals surface area contributed by atoms with Gasteiger partial charge < -0.3 is 10.5 Å². The maximum absolute atomic E-state index is 13.2. The van der Waals surface area contributed by atoms with Crippen molar-refractivity contribution in [3.63, 3.8) is 0 Å². The van der Waals surface area contributed by atoms with E-state index in [-0.39, 0.29) is 11.6 Å². The number of fused-ring (bicyclic) bond motifs is 2. The molecule has 0 saturated carbocycles. The zero-order valence-electron chi connectivity index (χ0n) is 20.4. The van der Waals surface area contributed by atoms with E-state index in [1.165, 1.54) is 6.33 Å². The fraction of sp³-hybridized carbons (Fsp3) is 0.179. The molecule has 188 valence electrons. The first-order chi connectivity index (χ1) is 18.7. The minimum absolute atomic E-state index is 0.125. The summed E-state index contributed by atoms with van der Waals surface area (Å²) in [5, 5.41) is 9.76. The third kappa shape index (κ3) is 3.57. The second kappa shape index (κ2) is 8.93. The van der Waals surface area contributed by atoms with E-state index < -0.39 is 0 Å². The Bertz CT molecular complexity index is 1860. The first kappa shape index (κ1) is 22.4. The molecule has 0 atom stereocenters. The van der Waals surface area contributed by atoms with Crippen molar-refractivity contribution in [2.24, 2.45) is 0 Å². The maximum Gasteiger partial charge on any atom is 0.265 e. The number of hydrogen-bond acceptors (Lipinski definition) is 7. The molecule has 0 aliphatic carbocycles. The van der Waals surface area contributed by atoms with Gasteiger partial charge in [-0.3, -0.25) is 14.0 Å². The Balaban J connectivity index is 1.39. The van der Waals surface area contributed by atoms with Crippen molar-refractivity contribution in [3.05, 3.63) is 89.9 Å². The van der Waals surface area contributed by atoms with E-state index in [1.54, 1.807) is 21.5 Å². The highest BCUT2D eigenvalue weighted by Crippen LogP contribution is 2.37. The van der Waals surface area contributed by atoms with Gasteiger partial charge in [-0.2, -0.15) is 10.2 Å². The SMILES string of the molecule is Nc1ncnn2c(-c3cccc(-n4cnc5ccccc5c4=O)c3)cc(-c3ccnn3C3CCOCC3)c12. The zero-order valence-corrected chi connectivity index (χ0v) is 20.4. The van der Waals surface area contributed by atoms with E-state index in [0.717, 1.165) is 35.4 Å². The van der Waals surface area contributed by atoms with Gasteiger partial charge in [0.25, 0.3) is 5.56 Å². The van der Waals surface area contributed by atoms with Crippen molar-refractivity contribution in [1.82, 2.24) is 33.9 Å². The van der Waals surface area contributed by atoms with Crippen LogP contribution in [0.4, 0.5) is 5.82 Å². The number of rotatable bonds is 4. The normalized spacial score (nSPS) is 14.4. The molecule has 0 spiro atoms. The quantitative estimate of drug-likeness (QED) is 0.387. The number of ether oxygens (including phenoxy) is 1. The smallest absolute Gasteiger partial charge is 0.265 e. The van der Waals surface area contributed by atoms with Crippen LogP contribution in [-0.2, 0) is 4.74 Å². The summed E-state index contributed by atoms with van der Waals surface area (Å²) in [7, 11) is 0. The molecule has 7 rings (SSSR count). The highest BCUT2D eigenvalue weighted by molar-refractivity contribution is 5.91. The predicted octanol–water partition coefficient (Wildman–Crippen LogP) is 3.89. The molecule has 0 radical (unpaired) electrons. The van der Waals surface area contributed by atoms with Gasteiger partial charge in [0, 0.05) is 30.5 Å². The number of aromatic nitrogens is 7. The summed E-state index contributed by atoms with van der Waals surface area (Å²) in [6.07, 6.45) is 6.63. The fourth-order valence-electron chi connectivity index (χ4n) is 5.29. The van der Waals surface area contributed by atoms with Crippen LogP contribution in [0.25, 0.3) is 44.6 Å². The molecular formula is C28H24N8O2. The lowest BCUT2D eigenvalue weighted by atomic mass is 10.1. The van der Waals surface area contributed by atoms with Crippen molar-refractivity contribution in [1.29, 1.82) is 0 Å². The average molecular weight is 505 g/mol. The maximum atomic E-state index is 13.2. The molecule has 5 heterocycles. The molecule has 1 aliphatic heterocycles. The van der Waals surface area contributed by atoms with E-state index >= 15 is 0 Å². The van der Waals surface area contributed by atoms with Gasteiger partial charge >= 0.3 is 0 Å². The molecule has 0 bridgehead atoms. The molecule has 10 nitrogen and oxygen atoms in total. The second-order valence-electron chi connectivity index (χ2n) is 9.34. The molecule has 1 saturated heterocycles. The molecule has 2 aromatic carbocycles. The van der Waals surface area contributed by atoms with Gasteiger partial charge in [-0.25, -0.2) is 14.5 Å². The van der Waals surface area contributed by atoms with Crippen molar-refractivity contribution in [2.45, 2.75) is 18.9 Å². The molecular weight excluding hydrogens is 480 g/mol. The Morgan fingerprint density at radius 2 is 1.79 bits per heavy atom. The van der Waals surface area contributed by atoms with E-state index in [2.05, 4.69) is 30.9 Å². The summed E-state index contributed by atoms with van der Waals surface area (Å²) in [5.74, 6) is 0.382. The zero-order chi connectivity index (χ0) is 25.6. The topological polar surface area (TPSA) is 118 Å². The third-order valence-electron chi connectivity index (χ3n) is 7.15. The van der Waals surface area contributed by atoms with E-state index in [0.29, 0.717) is 41.1 Å². The number of benzene rings is 2. The number of para-hydroxylation sites is 1. The van der Waals surface area contributed by atoms with Gasteiger partial charge in [-0.15, -0.1) is 0 Å². The number of nitrogen functional groups attached to an aromatic ring is 1. The lowest BCUT2D eigenvalue weighted by molar-refractivity contribution is 0.0667. The van der Waals surface area contributed by atoms with Crippen molar-refractivity contribution in [2.75, 3.05) is 18.9 Å². The van der Waals surface area contributed by atoms with Crippen molar-refractivity contribution in [3.8, 4) is 28.2 Å². The van der Waals surface area contributed by atoms with Gasteiger partial charge in [0.05, 0.1) is 34.0 Å². The highest BCUT2D eigenvalue weighted by atomic mass is 16.5. The lowest BCUT2D eigenvalue weighted by Crippen LogP contribution is -2.21. The summed E-state index contributed by atoms with van der Waals surface area (Å²) in [6.45, 7) is 1.43. The first-order valence-corrected chi connectivity index (χ1v) is 12.5. The molecule has 0 unspecified atom stereocenters. The van der Waals surface area contributed by atoms with Crippen LogP contribution in [0.5, 0.6) is 0 Å². The van der Waals surface area contributed by atoms with Crippen LogP contribution in [-0.4, -0.2) is 47.1 Å². The second-order valence-corrected chi connectivity index (χ2v) is 9.34. The van der Waals surface area contributed by atoms with Gasteiger partial charge in [-0.1, -0.05) is 24.3 Å². The number of nitrogens with two attached hydrogens (primary N) is 1. The summed E-state index contributed by atoms with van der Waals surface area (Å²) in [5.41, 5.74) is 11.9. The monoisotopic (exact) mass is 504 g/mol. The van der Waals surface area contributed by atoms with Gasteiger partial charge in [0.15, 0.2) is 5.82 Å². The van der Waals surface area contributed by atoms with Crippen LogP contribution in [0.3, 0.4) is 0 Å². The Morgan fingerprint density at radius 3 is 2.68 bits per heavy atom. The Kier molecular flexibility index (Phi) is 5.26. The predicted molar refractivity (Wildman–Crippen MR) is 144 cm³/mol. The van der Waals surface area contributed by atoms with E-state index in [1.807, 2.05) is 54.7 Å². The molecule has 1 fully saturated rings. The summed E-state index contributed by atoms with van der Waals surface area (Å²) >= 11 is 0. The van der Waals surface area contributed by atoms with Crippen LogP contribution in [0.15, 0.2) is 84.3 Å². The van der Waals surface area contributed by atoms with E-state index in [9.17, 15) is 4.79 Å². The molecule has 6 aromatic rings. The van der Waals surface area contributed by atoms with Crippen LogP contribution in [0, 0.1) is 0 Å². The van der Waals surface area contributed by atoms with Crippen LogP contribution < -0.4 is 11.3 Å².